The zero-order chi connectivity index (χ0) is 17.0. The monoisotopic (exact) mass is 326 g/mol. The molecular weight excluding hydrogens is 309 g/mol. The molecule has 0 aliphatic carbocycles. The van der Waals surface area contributed by atoms with Crippen molar-refractivity contribution in [1.82, 2.24) is 0 Å². The number of benzene rings is 1. The first kappa shape index (κ1) is 16.9. The van der Waals surface area contributed by atoms with Gasteiger partial charge in [0.25, 0.3) is 5.91 Å². The predicted molar refractivity (Wildman–Crippen MR) is 81.7 cm³/mol. The smallest absolute Gasteiger partial charge is 0.416 e. The topological polar surface area (TPSA) is 45.5 Å². The van der Waals surface area contributed by atoms with Crippen LogP contribution in [0.5, 0.6) is 0 Å². The van der Waals surface area contributed by atoms with Crippen LogP contribution in [0.25, 0.3) is 0 Å². The van der Waals surface area contributed by atoms with Gasteiger partial charge < -0.3 is 14.6 Å². The number of hydrogen-bond donors (Lipinski definition) is 1. The molecule has 124 valence electrons. The second-order valence-electron chi connectivity index (χ2n) is 4.83. The third-order valence-corrected chi connectivity index (χ3v) is 3.42. The van der Waals surface area contributed by atoms with Crippen molar-refractivity contribution in [2.24, 2.45) is 0 Å². The van der Waals surface area contributed by atoms with E-state index in [-0.39, 0.29) is 11.4 Å². The van der Waals surface area contributed by atoms with Gasteiger partial charge in [-0.05, 0) is 44.2 Å². The quantitative estimate of drug-likeness (QED) is 0.886. The molecule has 1 amide bonds. The maximum absolute atomic E-state index is 12.9. The summed E-state index contributed by atoms with van der Waals surface area (Å²) in [6.45, 7) is 4.98. The fraction of sp³-hybridized carbons (Fsp3) is 0.312. The molecular formula is C16H17F3N2O2. The summed E-state index contributed by atoms with van der Waals surface area (Å²) in [5.41, 5.74) is -0.184. The molecule has 1 aromatic carbocycles. The van der Waals surface area contributed by atoms with E-state index in [2.05, 4.69) is 5.32 Å². The standard InChI is InChI=1S/C16H17F3N2O2/c1-3-21(4-2)13-8-7-11(16(17,18)19)10-12(13)20-15(22)14-6-5-9-23-14/h5-10H,3-4H2,1-2H3,(H,20,22). The van der Waals surface area contributed by atoms with Crippen molar-refractivity contribution >= 4 is 17.3 Å². The van der Waals surface area contributed by atoms with Gasteiger partial charge in [-0.3, -0.25) is 4.79 Å². The minimum absolute atomic E-state index is 0.0351. The first-order chi connectivity index (χ1) is 10.9. The Morgan fingerprint density at radius 2 is 1.91 bits per heavy atom. The minimum Gasteiger partial charge on any atom is -0.459 e. The highest BCUT2D eigenvalue weighted by molar-refractivity contribution is 6.04. The molecule has 0 saturated heterocycles. The van der Waals surface area contributed by atoms with Crippen LogP contribution in [0.1, 0.15) is 30.0 Å². The van der Waals surface area contributed by atoms with Crippen molar-refractivity contribution in [3.63, 3.8) is 0 Å². The maximum atomic E-state index is 12.9. The molecule has 0 aliphatic rings. The second-order valence-corrected chi connectivity index (χ2v) is 4.83. The Kier molecular flexibility index (Phi) is 4.98. The van der Waals surface area contributed by atoms with Crippen LogP contribution in [0.2, 0.25) is 0 Å². The van der Waals surface area contributed by atoms with E-state index in [1.54, 1.807) is 0 Å². The van der Waals surface area contributed by atoms with Crippen LogP contribution in [0.3, 0.4) is 0 Å². The average molecular weight is 326 g/mol. The molecule has 2 rings (SSSR count). The highest BCUT2D eigenvalue weighted by atomic mass is 19.4. The molecule has 0 saturated carbocycles. The van der Waals surface area contributed by atoms with Crippen LogP contribution in [0.15, 0.2) is 41.0 Å². The van der Waals surface area contributed by atoms with Gasteiger partial charge in [-0.2, -0.15) is 13.2 Å². The molecule has 0 radical (unpaired) electrons. The van der Waals surface area contributed by atoms with Gasteiger partial charge in [-0.15, -0.1) is 0 Å². The van der Waals surface area contributed by atoms with Gasteiger partial charge in [0.15, 0.2) is 5.76 Å². The van der Waals surface area contributed by atoms with Crippen molar-refractivity contribution in [3.05, 3.63) is 47.9 Å². The zero-order valence-corrected chi connectivity index (χ0v) is 12.8. The molecule has 7 heteroatoms. The first-order valence-electron chi connectivity index (χ1n) is 7.17. The second kappa shape index (κ2) is 6.76. The van der Waals surface area contributed by atoms with Crippen LogP contribution in [0.4, 0.5) is 24.5 Å². The normalized spacial score (nSPS) is 11.3. The molecule has 2 aromatic rings. The van der Waals surface area contributed by atoms with Gasteiger partial charge in [0, 0.05) is 13.1 Å². The Bertz CT molecular complexity index is 662. The molecule has 1 aromatic heterocycles. The van der Waals surface area contributed by atoms with Gasteiger partial charge in [0.1, 0.15) is 0 Å². The number of furan rings is 1. The Morgan fingerprint density at radius 1 is 1.22 bits per heavy atom. The van der Waals surface area contributed by atoms with Crippen LogP contribution in [-0.2, 0) is 6.18 Å². The van der Waals surface area contributed by atoms with Crippen LogP contribution >= 0.6 is 0 Å². The number of rotatable bonds is 5. The molecule has 23 heavy (non-hydrogen) atoms. The molecule has 0 bridgehead atoms. The van der Waals surface area contributed by atoms with Gasteiger partial charge >= 0.3 is 6.18 Å². The molecule has 0 aliphatic heterocycles. The lowest BCUT2D eigenvalue weighted by molar-refractivity contribution is -0.137. The third kappa shape index (κ3) is 3.85. The van der Waals surface area contributed by atoms with Gasteiger partial charge in [0.05, 0.1) is 23.2 Å². The van der Waals surface area contributed by atoms with Gasteiger partial charge in [-0.1, -0.05) is 0 Å². The molecule has 1 heterocycles. The molecule has 0 atom stereocenters. The SMILES string of the molecule is CCN(CC)c1ccc(C(F)(F)F)cc1NC(=O)c1ccco1. The molecule has 4 nitrogen and oxygen atoms in total. The van der Waals surface area contributed by atoms with E-state index in [1.807, 2.05) is 18.7 Å². The Hall–Kier alpha value is -2.44. The first-order valence-corrected chi connectivity index (χ1v) is 7.17. The van der Waals surface area contributed by atoms with Crippen LogP contribution in [-0.4, -0.2) is 19.0 Å². The van der Waals surface area contributed by atoms with Crippen molar-refractivity contribution in [3.8, 4) is 0 Å². The lowest BCUT2D eigenvalue weighted by atomic mass is 10.1. The summed E-state index contributed by atoms with van der Waals surface area (Å²) in [5, 5.41) is 2.50. The third-order valence-electron chi connectivity index (χ3n) is 3.42. The van der Waals surface area contributed by atoms with Gasteiger partial charge in [-0.25, -0.2) is 0 Å². The lowest BCUT2D eigenvalue weighted by Gasteiger charge is -2.25. The summed E-state index contributed by atoms with van der Waals surface area (Å²) in [6, 6.07) is 6.30. The van der Waals surface area contributed by atoms with Crippen molar-refractivity contribution in [2.75, 3.05) is 23.3 Å². The predicted octanol–water partition coefficient (Wildman–Crippen LogP) is 4.40. The van der Waals surface area contributed by atoms with E-state index in [4.69, 9.17) is 4.42 Å². The number of carbonyl (C=O) groups is 1. The lowest BCUT2D eigenvalue weighted by Crippen LogP contribution is -2.24. The minimum atomic E-state index is -4.48. The largest absolute Gasteiger partial charge is 0.459 e. The molecule has 0 fully saturated rings. The fourth-order valence-electron chi connectivity index (χ4n) is 2.24. The number of anilines is 2. The van der Waals surface area contributed by atoms with Crippen LogP contribution in [0, 0.1) is 0 Å². The van der Waals surface area contributed by atoms with E-state index >= 15 is 0 Å². The summed E-state index contributed by atoms with van der Waals surface area (Å²) in [6.07, 6.45) is -3.15. The summed E-state index contributed by atoms with van der Waals surface area (Å²) in [4.78, 5) is 13.9. The number of amides is 1. The summed E-state index contributed by atoms with van der Waals surface area (Å²) < 4.78 is 43.8. The van der Waals surface area contributed by atoms with E-state index in [0.29, 0.717) is 18.8 Å². The molecule has 1 N–H and O–H groups in total. The number of nitrogens with one attached hydrogen (secondary N) is 1. The zero-order valence-electron chi connectivity index (χ0n) is 12.8. The Morgan fingerprint density at radius 3 is 2.43 bits per heavy atom. The van der Waals surface area contributed by atoms with Crippen LogP contribution < -0.4 is 10.2 Å². The molecule has 0 spiro atoms. The Balaban J connectivity index is 2.41. The number of hydrogen-bond acceptors (Lipinski definition) is 3. The van der Waals surface area contributed by atoms with Crippen molar-refractivity contribution in [1.29, 1.82) is 0 Å². The maximum Gasteiger partial charge on any atom is 0.416 e. The number of nitrogens with zero attached hydrogens (tertiary/aromatic N) is 1. The highest BCUT2D eigenvalue weighted by Crippen LogP contribution is 2.35. The molecule has 0 unspecified atom stereocenters. The summed E-state index contributed by atoms with van der Waals surface area (Å²) in [5.74, 6) is -0.560. The number of alkyl halides is 3. The van der Waals surface area contributed by atoms with Gasteiger partial charge in [0.2, 0.25) is 0 Å². The summed E-state index contributed by atoms with van der Waals surface area (Å²) >= 11 is 0. The van der Waals surface area contributed by atoms with E-state index < -0.39 is 17.6 Å². The van der Waals surface area contributed by atoms with E-state index in [0.717, 1.165) is 12.1 Å². The van der Waals surface area contributed by atoms with E-state index in [9.17, 15) is 18.0 Å². The van der Waals surface area contributed by atoms with E-state index in [1.165, 1.54) is 24.5 Å². The number of carbonyl (C=O) groups excluding carboxylic acids is 1. The van der Waals surface area contributed by atoms with Crippen molar-refractivity contribution < 1.29 is 22.4 Å². The highest BCUT2D eigenvalue weighted by Gasteiger charge is 2.31. The average Bonchev–Trinajstić information content (AvgIpc) is 3.03. The Labute approximate surface area is 131 Å². The van der Waals surface area contributed by atoms with Crippen molar-refractivity contribution in [2.45, 2.75) is 20.0 Å². The fourth-order valence-corrected chi connectivity index (χ4v) is 2.24. The summed E-state index contributed by atoms with van der Waals surface area (Å²) in [7, 11) is 0. The number of halogens is 3.